The van der Waals surface area contributed by atoms with E-state index in [1.54, 1.807) is 29.7 Å². The van der Waals surface area contributed by atoms with Crippen LogP contribution in [0.2, 0.25) is 0 Å². The smallest absolute Gasteiger partial charge is 0.272 e. The van der Waals surface area contributed by atoms with E-state index in [2.05, 4.69) is 26.4 Å². The van der Waals surface area contributed by atoms with Gasteiger partial charge in [-0.05, 0) is 32.0 Å². The van der Waals surface area contributed by atoms with Crippen LogP contribution in [0.25, 0.3) is 11.0 Å². The molecule has 3 rings (SSSR count). The van der Waals surface area contributed by atoms with Crippen molar-refractivity contribution in [3.8, 4) is 12.3 Å². The van der Waals surface area contributed by atoms with E-state index in [-0.39, 0.29) is 11.5 Å². The molecule has 1 amide bonds. The summed E-state index contributed by atoms with van der Waals surface area (Å²) in [6.07, 6.45) is 7.25. The van der Waals surface area contributed by atoms with Gasteiger partial charge in [-0.2, -0.15) is 10.2 Å². The van der Waals surface area contributed by atoms with Crippen molar-refractivity contribution in [1.82, 2.24) is 14.9 Å². The maximum Gasteiger partial charge on any atom is 0.272 e. The number of carbonyl (C=O) groups excluding carboxylic acids is 1. The van der Waals surface area contributed by atoms with Crippen molar-refractivity contribution in [3.05, 3.63) is 39.8 Å². The van der Waals surface area contributed by atoms with Crippen molar-refractivity contribution in [1.29, 1.82) is 0 Å². The summed E-state index contributed by atoms with van der Waals surface area (Å²) in [6.45, 7) is 4.61. The quantitative estimate of drug-likeness (QED) is 0.777. The molecule has 7 nitrogen and oxygen atoms in total. The highest BCUT2D eigenvalue weighted by Crippen LogP contribution is 2.36. The van der Waals surface area contributed by atoms with Crippen molar-refractivity contribution in [3.63, 3.8) is 0 Å². The van der Waals surface area contributed by atoms with Gasteiger partial charge in [-0.1, -0.05) is 0 Å². The molecule has 0 unspecified atom stereocenters. The van der Waals surface area contributed by atoms with E-state index in [9.17, 15) is 9.59 Å². The second-order valence-electron chi connectivity index (χ2n) is 6.34. The number of terminal acetylenes is 1. The Hall–Kier alpha value is -3.01. The van der Waals surface area contributed by atoms with Gasteiger partial charge in [0.05, 0.1) is 11.0 Å². The number of rotatable bonds is 7. The molecule has 1 aromatic carbocycles. The summed E-state index contributed by atoms with van der Waals surface area (Å²) in [7, 11) is 0. The largest absolute Gasteiger partial charge is 0.352 e. The maximum atomic E-state index is 12.4. The number of fused-ring (bicyclic) bond motifs is 1. The molecule has 1 aliphatic heterocycles. The van der Waals surface area contributed by atoms with E-state index in [1.165, 1.54) is 0 Å². The fourth-order valence-corrected chi connectivity index (χ4v) is 2.98. The zero-order valence-corrected chi connectivity index (χ0v) is 15.0. The Morgan fingerprint density at radius 3 is 2.77 bits per heavy atom. The normalized spacial score (nSPS) is 14.2. The number of amides is 1. The molecule has 2 heterocycles. The minimum absolute atomic E-state index is 0.105. The highest BCUT2D eigenvalue weighted by atomic mass is 16.1. The molecule has 0 saturated carbocycles. The molecule has 0 aliphatic carbocycles. The van der Waals surface area contributed by atoms with Gasteiger partial charge >= 0.3 is 0 Å². The van der Waals surface area contributed by atoms with Crippen LogP contribution in [0.3, 0.4) is 0 Å². The Kier molecular flexibility index (Phi) is 4.85. The van der Waals surface area contributed by atoms with Crippen molar-refractivity contribution >= 4 is 16.9 Å². The fourth-order valence-electron chi connectivity index (χ4n) is 2.98. The second kappa shape index (κ2) is 7.08. The number of benzene rings is 1. The lowest BCUT2D eigenvalue weighted by Gasteiger charge is -2.11. The van der Waals surface area contributed by atoms with Crippen LogP contribution in [0.5, 0.6) is 0 Å². The molecule has 0 radical (unpaired) electrons. The minimum atomic E-state index is -0.404. The van der Waals surface area contributed by atoms with Crippen molar-refractivity contribution in [2.45, 2.75) is 45.3 Å². The van der Waals surface area contributed by atoms with Gasteiger partial charge in [0.2, 0.25) is 0 Å². The van der Waals surface area contributed by atoms with Crippen LogP contribution in [0.1, 0.15) is 42.2 Å². The molecule has 0 spiro atoms. The number of hydrogen-bond acceptors (Lipinski definition) is 5. The standard InChI is InChI=1S/C19H21N5O2/c1-4-6-9-19(22-23-19)10-11-20-17(25)14-7-8-16-15(12-14)21-13(3)18(26)24(16)5-2/h1,7-8,12H,5-6,9-11H2,2-3H3,(H,20,25). The van der Waals surface area contributed by atoms with Gasteiger partial charge < -0.3 is 9.88 Å². The molecule has 1 N–H and O–H groups in total. The first-order valence-electron chi connectivity index (χ1n) is 8.66. The molecular formula is C19H21N5O2. The summed E-state index contributed by atoms with van der Waals surface area (Å²) < 4.78 is 1.66. The summed E-state index contributed by atoms with van der Waals surface area (Å²) in [5, 5.41) is 11.0. The number of nitrogens with zero attached hydrogens (tertiary/aromatic N) is 4. The zero-order valence-electron chi connectivity index (χ0n) is 15.0. The molecule has 0 atom stereocenters. The van der Waals surface area contributed by atoms with Gasteiger partial charge in [0.25, 0.3) is 11.5 Å². The summed E-state index contributed by atoms with van der Waals surface area (Å²) >= 11 is 0. The predicted octanol–water partition coefficient (Wildman–Crippen LogP) is 2.42. The van der Waals surface area contributed by atoms with Gasteiger partial charge in [0.1, 0.15) is 5.69 Å². The van der Waals surface area contributed by atoms with E-state index < -0.39 is 5.66 Å². The van der Waals surface area contributed by atoms with Crippen molar-refractivity contribution < 1.29 is 4.79 Å². The molecule has 1 aliphatic rings. The first-order valence-corrected chi connectivity index (χ1v) is 8.66. The zero-order chi connectivity index (χ0) is 18.7. The van der Waals surface area contributed by atoms with Gasteiger partial charge in [0, 0.05) is 37.9 Å². The second-order valence-corrected chi connectivity index (χ2v) is 6.34. The number of aromatic nitrogens is 2. The predicted molar refractivity (Wildman–Crippen MR) is 99.0 cm³/mol. The Morgan fingerprint density at radius 1 is 1.35 bits per heavy atom. The molecule has 26 heavy (non-hydrogen) atoms. The fraction of sp³-hybridized carbons (Fsp3) is 0.421. The van der Waals surface area contributed by atoms with Crippen LogP contribution >= 0.6 is 0 Å². The first kappa shape index (κ1) is 17.8. The Balaban J connectivity index is 1.70. The molecule has 1 aromatic heterocycles. The average Bonchev–Trinajstić information content (AvgIpc) is 3.40. The van der Waals surface area contributed by atoms with Crippen LogP contribution in [0.15, 0.2) is 33.2 Å². The number of hydrogen-bond donors (Lipinski definition) is 1. The summed E-state index contributed by atoms with van der Waals surface area (Å²) in [6, 6.07) is 5.19. The summed E-state index contributed by atoms with van der Waals surface area (Å²) in [4.78, 5) is 28.9. The molecule has 2 aromatic rings. The lowest BCUT2D eigenvalue weighted by molar-refractivity contribution is 0.0952. The highest BCUT2D eigenvalue weighted by Gasteiger charge is 2.38. The number of carbonyl (C=O) groups is 1. The van der Waals surface area contributed by atoms with Gasteiger partial charge in [0.15, 0.2) is 5.66 Å². The van der Waals surface area contributed by atoms with Crippen molar-refractivity contribution in [2.75, 3.05) is 6.54 Å². The van der Waals surface area contributed by atoms with E-state index in [0.717, 1.165) is 5.52 Å². The molecule has 7 heteroatoms. The Morgan fingerprint density at radius 2 is 2.12 bits per heavy atom. The van der Waals surface area contributed by atoms with Crippen LogP contribution in [0.4, 0.5) is 0 Å². The number of aryl methyl sites for hydroxylation is 2. The van der Waals surface area contributed by atoms with Crippen LogP contribution < -0.4 is 10.9 Å². The summed E-state index contributed by atoms with van der Waals surface area (Å²) in [5.41, 5.74) is 1.78. The molecular weight excluding hydrogens is 330 g/mol. The third-order valence-corrected chi connectivity index (χ3v) is 4.55. The van der Waals surface area contributed by atoms with Crippen LogP contribution in [0, 0.1) is 19.3 Å². The highest BCUT2D eigenvalue weighted by molar-refractivity contribution is 5.97. The lowest BCUT2D eigenvalue weighted by atomic mass is 10.0. The molecule has 134 valence electrons. The first-order chi connectivity index (χ1) is 12.5. The van der Waals surface area contributed by atoms with E-state index in [1.807, 2.05) is 6.92 Å². The van der Waals surface area contributed by atoms with Crippen LogP contribution in [-0.2, 0) is 6.54 Å². The van der Waals surface area contributed by atoms with Gasteiger partial charge in [-0.3, -0.25) is 9.59 Å². The third-order valence-electron chi connectivity index (χ3n) is 4.55. The van der Waals surface area contributed by atoms with E-state index >= 15 is 0 Å². The third kappa shape index (κ3) is 3.49. The molecule has 0 bridgehead atoms. The Bertz CT molecular complexity index is 978. The van der Waals surface area contributed by atoms with E-state index in [0.29, 0.717) is 49.1 Å². The minimum Gasteiger partial charge on any atom is -0.352 e. The topological polar surface area (TPSA) is 88.7 Å². The Labute approximate surface area is 151 Å². The van der Waals surface area contributed by atoms with E-state index in [4.69, 9.17) is 6.42 Å². The average molecular weight is 351 g/mol. The van der Waals surface area contributed by atoms with Gasteiger partial charge in [-0.25, -0.2) is 4.98 Å². The molecule has 0 fully saturated rings. The SMILES string of the molecule is C#CCCC1(CCNC(=O)c2ccc3c(c2)nc(C)c(=O)n3CC)N=N1. The molecule has 0 saturated heterocycles. The number of nitrogens with one attached hydrogen (secondary N) is 1. The van der Waals surface area contributed by atoms with Crippen molar-refractivity contribution in [2.24, 2.45) is 10.2 Å². The van der Waals surface area contributed by atoms with Crippen LogP contribution in [-0.4, -0.2) is 27.7 Å². The monoisotopic (exact) mass is 351 g/mol. The maximum absolute atomic E-state index is 12.4. The summed E-state index contributed by atoms with van der Waals surface area (Å²) in [5.74, 6) is 2.40. The lowest BCUT2D eigenvalue weighted by Crippen LogP contribution is -2.28. The van der Waals surface area contributed by atoms with Gasteiger partial charge in [-0.15, -0.1) is 12.3 Å².